The lowest BCUT2D eigenvalue weighted by Crippen LogP contribution is -2.32. The fraction of sp³-hybridized carbons (Fsp3) is 0.0476. The van der Waals surface area contributed by atoms with E-state index < -0.39 is 11.8 Å². The van der Waals surface area contributed by atoms with Crippen molar-refractivity contribution in [3.8, 4) is 0 Å². The number of thiophene rings is 1. The van der Waals surface area contributed by atoms with Crippen LogP contribution in [0.5, 0.6) is 0 Å². The molecule has 3 aromatic rings. The zero-order valence-corrected chi connectivity index (χ0v) is 18.1. The molecule has 8 heteroatoms. The van der Waals surface area contributed by atoms with Gasteiger partial charge in [0.2, 0.25) is 0 Å². The number of nitrogens with zero attached hydrogens (tertiary/aromatic N) is 1. The van der Waals surface area contributed by atoms with Crippen LogP contribution < -0.4 is 10.2 Å². The molecule has 0 bridgehead atoms. The minimum atomic E-state index is -0.490. The van der Waals surface area contributed by atoms with Gasteiger partial charge in [-0.15, -0.1) is 11.3 Å². The summed E-state index contributed by atoms with van der Waals surface area (Å²) >= 11 is 19.8. The van der Waals surface area contributed by atoms with Crippen molar-refractivity contribution < 1.29 is 9.59 Å². The number of nitrogens with one attached hydrogen (secondary N) is 1. The standard InChI is InChI=1S/C21H13Cl3N2O2S/c1-11-15(24)4-2-5-16(11)25-19-18(17-6-3-7-29-17)20(27)26(21(19)28)14-9-12(22)8-13(23)10-14/h2-10,25H,1H3. The van der Waals surface area contributed by atoms with Gasteiger partial charge in [0.1, 0.15) is 5.70 Å². The first-order valence-electron chi connectivity index (χ1n) is 8.52. The second-order valence-electron chi connectivity index (χ2n) is 6.34. The van der Waals surface area contributed by atoms with Crippen molar-refractivity contribution in [2.24, 2.45) is 0 Å². The van der Waals surface area contributed by atoms with E-state index >= 15 is 0 Å². The van der Waals surface area contributed by atoms with Crippen molar-refractivity contribution in [3.05, 3.63) is 85.1 Å². The molecule has 0 atom stereocenters. The summed E-state index contributed by atoms with van der Waals surface area (Å²) in [5, 5.41) is 6.19. The van der Waals surface area contributed by atoms with Crippen LogP contribution in [-0.4, -0.2) is 11.8 Å². The third-order valence-corrected chi connectivity index (χ3v) is 6.22. The normalized spacial score (nSPS) is 14.1. The summed E-state index contributed by atoms with van der Waals surface area (Å²) in [6.45, 7) is 1.84. The molecule has 29 heavy (non-hydrogen) atoms. The SMILES string of the molecule is Cc1c(Cl)cccc1NC1=C(c2cccs2)C(=O)N(c2cc(Cl)cc(Cl)c2)C1=O. The molecule has 4 rings (SSSR count). The second kappa shape index (κ2) is 7.84. The molecule has 0 unspecified atom stereocenters. The average Bonchev–Trinajstić information content (AvgIpc) is 3.25. The molecule has 146 valence electrons. The van der Waals surface area contributed by atoms with E-state index in [9.17, 15) is 9.59 Å². The third kappa shape index (κ3) is 3.67. The van der Waals surface area contributed by atoms with E-state index in [-0.39, 0.29) is 5.70 Å². The monoisotopic (exact) mass is 462 g/mol. The summed E-state index contributed by atoms with van der Waals surface area (Å²) in [6.07, 6.45) is 0. The van der Waals surface area contributed by atoms with E-state index in [4.69, 9.17) is 34.8 Å². The fourth-order valence-electron chi connectivity index (χ4n) is 3.08. The lowest BCUT2D eigenvalue weighted by Gasteiger charge is -2.16. The van der Waals surface area contributed by atoms with E-state index in [2.05, 4.69) is 5.32 Å². The number of rotatable bonds is 4. The first-order valence-corrected chi connectivity index (χ1v) is 10.5. The van der Waals surface area contributed by atoms with E-state index in [1.54, 1.807) is 30.3 Å². The lowest BCUT2D eigenvalue weighted by molar-refractivity contribution is -0.120. The van der Waals surface area contributed by atoms with Crippen molar-refractivity contribution in [1.29, 1.82) is 0 Å². The fourth-order valence-corrected chi connectivity index (χ4v) is 4.53. The van der Waals surface area contributed by atoms with E-state index in [1.165, 1.54) is 23.5 Å². The zero-order valence-electron chi connectivity index (χ0n) is 15.0. The van der Waals surface area contributed by atoms with Gasteiger partial charge in [-0.1, -0.05) is 46.9 Å². The Kier molecular flexibility index (Phi) is 5.40. The minimum absolute atomic E-state index is 0.180. The molecule has 0 aliphatic carbocycles. The number of hydrogen-bond acceptors (Lipinski definition) is 4. The molecular weight excluding hydrogens is 451 g/mol. The Balaban J connectivity index is 1.84. The van der Waals surface area contributed by atoms with Gasteiger partial charge in [0.25, 0.3) is 11.8 Å². The van der Waals surface area contributed by atoms with Gasteiger partial charge in [-0.3, -0.25) is 9.59 Å². The van der Waals surface area contributed by atoms with Crippen LogP contribution in [0.1, 0.15) is 10.4 Å². The van der Waals surface area contributed by atoms with Crippen LogP contribution in [0.4, 0.5) is 11.4 Å². The van der Waals surface area contributed by atoms with Crippen LogP contribution in [0.3, 0.4) is 0 Å². The van der Waals surface area contributed by atoms with Crippen LogP contribution in [0, 0.1) is 6.92 Å². The predicted molar refractivity (Wildman–Crippen MR) is 120 cm³/mol. The van der Waals surface area contributed by atoms with E-state index in [1.807, 2.05) is 18.4 Å². The molecule has 0 saturated heterocycles. The van der Waals surface area contributed by atoms with Crippen LogP contribution >= 0.6 is 46.1 Å². The second-order valence-corrected chi connectivity index (χ2v) is 8.57. The summed E-state index contributed by atoms with van der Waals surface area (Å²) in [5.74, 6) is -0.936. The largest absolute Gasteiger partial charge is 0.350 e. The molecule has 1 N–H and O–H groups in total. The number of imide groups is 1. The summed E-state index contributed by atoms with van der Waals surface area (Å²) in [6, 6.07) is 13.6. The molecule has 4 nitrogen and oxygen atoms in total. The molecule has 0 fully saturated rings. The van der Waals surface area contributed by atoms with Gasteiger partial charge in [-0.2, -0.15) is 0 Å². The summed E-state index contributed by atoms with van der Waals surface area (Å²) in [4.78, 5) is 28.4. The highest BCUT2D eigenvalue weighted by atomic mass is 35.5. The highest BCUT2D eigenvalue weighted by Gasteiger charge is 2.41. The Morgan fingerprint density at radius 1 is 0.931 bits per heavy atom. The van der Waals surface area contributed by atoms with Gasteiger partial charge in [0.15, 0.2) is 0 Å². The maximum Gasteiger partial charge on any atom is 0.282 e. The highest BCUT2D eigenvalue weighted by Crippen LogP contribution is 2.38. The molecule has 2 aromatic carbocycles. The van der Waals surface area contributed by atoms with Crippen LogP contribution in [0.25, 0.3) is 5.57 Å². The molecule has 0 radical (unpaired) electrons. The molecule has 1 aliphatic rings. The lowest BCUT2D eigenvalue weighted by atomic mass is 10.1. The summed E-state index contributed by atoms with van der Waals surface area (Å²) in [5.41, 5.74) is 2.20. The van der Waals surface area contributed by atoms with Crippen molar-refractivity contribution in [2.45, 2.75) is 6.92 Å². The number of benzene rings is 2. The van der Waals surface area contributed by atoms with Gasteiger partial charge in [-0.05, 0) is 54.3 Å². The maximum absolute atomic E-state index is 13.3. The van der Waals surface area contributed by atoms with Crippen molar-refractivity contribution in [3.63, 3.8) is 0 Å². The Bertz CT molecular complexity index is 1150. The van der Waals surface area contributed by atoms with E-state index in [0.717, 1.165) is 10.5 Å². The number of carbonyl (C=O) groups excluding carboxylic acids is 2. The predicted octanol–water partition coefficient (Wildman–Crippen LogP) is 6.41. The van der Waals surface area contributed by atoms with Gasteiger partial charge >= 0.3 is 0 Å². The van der Waals surface area contributed by atoms with Gasteiger partial charge in [0.05, 0.1) is 11.3 Å². The molecule has 2 amide bonds. The van der Waals surface area contributed by atoms with Gasteiger partial charge < -0.3 is 5.32 Å². The quantitative estimate of drug-likeness (QED) is 0.455. The topological polar surface area (TPSA) is 49.4 Å². The Labute approximate surface area is 186 Å². The van der Waals surface area contributed by atoms with Gasteiger partial charge in [0, 0.05) is 25.6 Å². The smallest absolute Gasteiger partial charge is 0.282 e. The molecular formula is C21H13Cl3N2O2S. The number of anilines is 2. The third-order valence-electron chi connectivity index (χ3n) is 4.48. The first kappa shape index (κ1) is 20.0. The Morgan fingerprint density at radius 2 is 1.66 bits per heavy atom. The number of hydrogen-bond donors (Lipinski definition) is 1. The van der Waals surface area contributed by atoms with E-state index in [0.29, 0.717) is 36.9 Å². The van der Waals surface area contributed by atoms with Crippen LogP contribution in [0.15, 0.2) is 59.6 Å². The zero-order chi connectivity index (χ0) is 20.7. The van der Waals surface area contributed by atoms with Crippen molar-refractivity contribution in [2.75, 3.05) is 10.2 Å². The minimum Gasteiger partial charge on any atom is -0.350 e. The van der Waals surface area contributed by atoms with Crippen LogP contribution in [0.2, 0.25) is 15.1 Å². The van der Waals surface area contributed by atoms with Gasteiger partial charge in [-0.25, -0.2) is 4.90 Å². The van der Waals surface area contributed by atoms with Crippen molar-refractivity contribution in [1.82, 2.24) is 0 Å². The first-order chi connectivity index (χ1) is 13.9. The maximum atomic E-state index is 13.3. The van der Waals surface area contributed by atoms with Crippen LogP contribution in [-0.2, 0) is 9.59 Å². The average molecular weight is 464 g/mol. The number of amides is 2. The Morgan fingerprint density at radius 3 is 2.31 bits per heavy atom. The molecule has 0 spiro atoms. The number of carbonyl (C=O) groups is 2. The molecule has 1 aromatic heterocycles. The molecule has 0 saturated carbocycles. The molecule has 1 aliphatic heterocycles. The van der Waals surface area contributed by atoms with Crippen molar-refractivity contribution >= 4 is 74.9 Å². The highest BCUT2D eigenvalue weighted by molar-refractivity contribution is 7.11. The number of halogens is 3. The summed E-state index contributed by atoms with van der Waals surface area (Å²) < 4.78 is 0. The molecule has 2 heterocycles. The Hall–Kier alpha value is -2.31. The summed E-state index contributed by atoms with van der Waals surface area (Å²) in [7, 11) is 0.